The number of fused-ring (bicyclic) bond motifs is 1. The van der Waals surface area contributed by atoms with Gasteiger partial charge in [-0.3, -0.25) is 4.79 Å². The average Bonchev–Trinajstić information content (AvgIpc) is 2.65. The molecule has 1 aromatic heterocycles. The first-order valence-electron chi connectivity index (χ1n) is 8.23. The fourth-order valence-electron chi connectivity index (χ4n) is 2.86. The van der Waals surface area contributed by atoms with Crippen molar-refractivity contribution in [3.63, 3.8) is 0 Å². The minimum atomic E-state index is -0.110. The van der Waals surface area contributed by atoms with Crippen LogP contribution in [0.4, 0.5) is 11.6 Å². The first-order chi connectivity index (χ1) is 12.6. The van der Waals surface area contributed by atoms with Crippen LogP contribution in [0.25, 0.3) is 16.6 Å². The van der Waals surface area contributed by atoms with E-state index in [0.29, 0.717) is 21.9 Å². The monoisotopic (exact) mass is 361 g/mol. The number of nitrogens with one attached hydrogen (secondary N) is 1. The number of aryl methyl sites for hydroxylation is 1. The predicted molar refractivity (Wildman–Crippen MR) is 107 cm³/mol. The minimum absolute atomic E-state index is 0.110. The highest BCUT2D eigenvalue weighted by molar-refractivity contribution is 6.30. The van der Waals surface area contributed by atoms with E-state index in [1.807, 2.05) is 67.6 Å². The smallest absolute Gasteiger partial charge is 0.267 e. The third-order valence-electron chi connectivity index (χ3n) is 4.14. The maximum absolute atomic E-state index is 13.2. The summed E-state index contributed by atoms with van der Waals surface area (Å²) in [5.74, 6) is 0.458. The lowest BCUT2D eigenvalue weighted by Gasteiger charge is -2.15. The molecular formula is C21H16ClN3O. The fraction of sp³-hybridized carbons (Fsp3) is 0.0476. The summed E-state index contributed by atoms with van der Waals surface area (Å²) < 4.78 is 1.59. The molecule has 26 heavy (non-hydrogen) atoms. The molecule has 3 aromatic carbocycles. The van der Waals surface area contributed by atoms with Gasteiger partial charge >= 0.3 is 0 Å². The molecule has 0 atom stereocenters. The molecule has 0 unspecified atom stereocenters. The van der Waals surface area contributed by atoms with Gasteiger partial charge in [0.15, 0.2) is 0 Å². The summed E-state index contributed by atoms with van der Waals surface area (Å²) in [5.41, 5.74) is 3.13. The van der Waals surface area contributed by atoms with Crippen LogP contribution < -0.4 is 10.9 Å². The standard InChI is InChI=1S/C21H16ClN3O/c1-14-7-12-19-18(13-14)20(26)25(17-5-3-2-4-6-17)21(24-19)23-16-10-8-15(22)9-11-16/h2-13H,1H3,(H,23,24). The molecule has 4 nitrogen and oxygen atoms in total. The molecule has 0 aliphatic rings. The van der Waals surface area contributed by atoms with E-state index < -0.39 is 0 Å². The van der Waals surface area contributed by atoms with Gasteiger partial charge in [0.05, 0.1) is 16.6 Å². The Morgan fingerprint density at radius 2 is 1.69 bits per heavy atom. The second-order valence-corrected chi connectivity index (χ2v) is 6.50. The number of benzene rings is 3. The third-order valence-corrected chi connectivity index (χ3v) is 4.39. The topological polar surface area (TPSA) is 46.9 Å². The van der Waals surface area contributed by atoms with Gasteiger partial charge in [0.1, 0.15) is 0 Å². The number of hydrogen-bond donors (Lipinski definition) is 1. The molecule has 1 heterocycles. The summed E-state index contributed by atoms with van der Waals surface area (Å²) in [6.07, 6.45) is 0. The zero-order valence-corrected chi connectivity index (χ0v) is 14.9. The van der Waals surface area contributed by atoms with Crippen LogP contribution in [-0.2, 0) is 0 Å². The van der Waals surface area contributed by atoms with Gasteiger partial charge < -0.3 is 5.32 Å². The van der Waals surface area contributed by atoms with E-state index >= 15 is 0 Å². The molecule has 4 rings (SSSR count). The van der Waals surface area contributed by atoms with Gasteiger partial charge in [0.2, 0.25) is 5.95 Å². The van der Waals surface area contributed by atoms with Crippen molar-refractivity contribution in [2.45, 2.75) is 6.92 Å². The van der Waals surface area contributed by atoms with Gasteiger partial charge in [-0.05, 0) is 55.5 Å². The first-order valence-corrected chi connectivity index (χ1v) is 8.61. The highest BCUT2D eigenvalue weighted by Crippen LogP contribution is 2.22. The van der Waals surface area contributed by atoms with Crippen molar-refractivity contribution in [1.82, 2.24) is 9.55 Å². The molecule has 0 saturated carbocycles. The Morgan fingerprint density at radius 3 is 2.42 bits per heavy atom. The van der Waals surface area contributed by atoms with E-state index in [9.17, 15) is 4.79 Å². The number of para-hydroxylation sites is 1. The molecule has 0 spiro atoms. The predicted octanol–water partition coefficient (Wildman–Crippen LogP) is 5.09. The number of aromatic nitrogens is 2. The lowest BCUT2D eigenvalue weighted by molar-refractivity contribution is 0.974. The van der Waals surface area contributed by atoms with Gasteiger partial charge in [-0.15, -0.1) is 0 Å². The zero-order valence-electron chi connectivity index (χ0n) is 14.1. The van der Waals surface area contributed by atoms with Crippen LogP contribution in [0.5, 0.6) is 0 Å². The quantitative estimate of drug-likeness (QED) is 0.552. The van der Waals surface area contributed by atoms with Crippen LogP contribution in [0, 0.1) is 6.92 Å². The van der Waals surface area contributed by atoms with E-state index in [4.69, 9.17) is 16.6 Å². The molecule has 5 heteroatoms. The highest BCUT2D eigenvalue weighted by Gasteiger charge is 2.13. The summed E-state index contributed by atoms with van der Waals surface area (Å²) in [7, 11) is 0. The SMILES string of the molecule is Cc1ccc2nc(Nc3ccc(Cl)cc3)n(-c3ccccc3)c(=O)c2c1. The van der Waals surface area contributed by atoms with Crippen molar-refractivity contribution in [3.8, 4) is 5.69 Å². The fourth-order valence-corrected chi connectivity index (χ4v) is 2.99. The maximum atomic E-state index is 13.2. The normalized spacial score (nSPS) is 10.8. The van der Waals surface area contributed by atoms with Crippen LogP contribution >= 0.6 is 11.6 Å². The Balaban J connectivity index is 1.96. The average molecular weight is 362 g/mol. The Hall–Kier alpha value is -3.11. The van der Waals surface area contributed by atoms with Crippen molar-refractivity contribution in [1.29, 1.82) is 0 Å². The van der Waals surface area contributed by atoms with Gasteiger partial charge in [-0.2, -0.15) is 0 Å². The minimum Gasteiger partial charge on any atom is -0.325 e. The van der Waals surface area contributed by atoms with Crippen molar-refractivity contribution in [3.05, 3.63) is 93.7 Å². The number of nitrogens with zero attached hydrogens (tertiary/aromatic N) is 2. The van der Waals surface area contributed by atoms with Crippen molar-refractivity contribution >= 4 is 34.1 Å². The Labute approximate surface area is 155 Å². The molecule has 4 aromatic rings. The second kappa shape index (κ2) is 6.65. The molecule has 0 amide bonds. The van der Waals surface area contributed by atoms with E-state index in [1.54, 1.807) is 16.7 Å². The second-order valence-electron chi connectivity index (χ2n) is 6.06. The van der Waals surface area contributed by atoms with Gasteiger partial charge in [0, 0.05) is 10.7 Å². The Bertz CT molecular complexity index is 1140. The van der Waals surface area contributed by atoms with Crippen LogP contribution in [0.1, 0.15) is 5.56 Å². The third kappa shape index (κ3) is 3.07. The van der Waals surface area contributed by atoms with Gasteiger partial charge in [-0.1, -0.05) is 41.4 Å². The van der Waals surface area contributed by atoms with Gasteiger partial charge in [-0.25, -0.2) is 9.55 Å². The Morgan fingerprint density at radius 1 is 0.962 bits per heavy atom. The molecule has 0 fully saturated rings. The number of hydrogen-bond acceptors (Lipinski definition) is 3. The molecule has 0 saturated heterocycles. The number of anilines is 2. The van der Waals surface area contributed by atoms with E-state index in [1.165, 1.54) is 0 Å². The molecule has 0 radical (unpaired) electrons. The van der Waals surface area contributed by atoms with Crippen molar-refractivity contribution < 1.29 is 0 Å². The van der Waals surface area contributed by atoms with Crippen LogP contribution in [0.2, 0.25) is 5.02 Å². The summed E-state index contributed by atoms with van der Waals surface area (Å²) in [4.78, 5) is 17.9. The maximum Gasteiger partial charge on any atom is 0.267 e. The molecule has 128 valence electrons. The van der Waals surface area contributed by atoms with Gasteiger partial charge in [0.25, 0.3) is 5.56 Å². The molecule has 0 bridgehead atoms. The molecule has 0 aliphatic heterocycles. The van der Waals surface area contributed by atoms with Crippen LogP contribution in [0.15, 0.2) is 77.6 Å². The summed E-state index contributed by atoms with van der Waals surface area (Å²) in [5, 5.41) is 4.48. The first kappa shape index (κ1) is 16.4. The van der Waals surface area contributed by atoms with Crippen LogP contribution in [0.3, 0.4) is 0 Å². The van der Waals surface area contributed by atoms with Crippen molar-refractivity contribution in [2.24, 2.45) is 0 Å². The lowest BCUT2D eigenvalue weighted by atomic mass is 10.1. The van der Waals surface area contributed by atoms with Crippen LogP contribution in [-0.4, -0.2) is 9.55 Å². The van der Waals surface area contributed by atoms with E-state index in [2.05, 4.69) is 5.32 Å². The number of rotatable bonds is 3. The zero-order chi connectivity index (χ0) is 18.1. The Kier molecular flexibility index (Phi) is 4.19. The van der Waals surface area contributed by atoms with E-state index in [-0.39, 0.29) is 5.56 Å². The lowest BCUT2D eigenvalue weighted by Crippen LogP contribution is -2.22. The molecular weight excluding hydrogens is 346 g/mol. The molecule has 1 N–H and O–H groups in total. The van der Waals surface area contributed by atoms with E-state index in [0.717, 1.165) is 16.9 Å². The largest absolute Gasteiger partial charge is 0.325 e. The molecule has 0 aliphatic carbocycles. The summed E-state index contributed by atoms with van der Waals surface area (Å²) in [6, 6.07) is 22.5. The number of halogens is 1. The van der Waals surface area contributed by atoms with Crippen molar-refractivity contribution in [2.75, 3.05) is 5.32 Å². The highest BCUT2D eigenvalue weighted by atomic mass is 35.5. The summed E-state index contributed by atoms with van der Waals surface area (Å²) in [6.45, 7) is 1.96. The summed E-state index contributed by atoms with van der Waals surface area (Å²) >= 11 is 5.96.